The van der Waals surface area contributed by atoms with Crippen LogP contribution in [0.25, 0.3) is 0 Å². The number of hydrogen-bond donors (Lipinski definition) is 1. The summed E-state index contributed by atoms with van der Waals surface area (Å²) < 4.78 is 0. The van der Waals surface area contributed by atoms with Crippen molar-refractivity contribution in [1.29, 1.82) is 0 Å². The molecular formula is C16H26N4. The summed E-state index contributed by atoms with van der Waals surface area (Å²) in [4.78, 5) is 13.7. The van der Waals surface area contributed by atoms with Gasteiger partial charge in [0.05, 0.1) is 0 Å². The van der Waals surface area contributed by atoms with Gasteiger partial charge in [-0.1, -0.05) is 39.0 Å². The van der Waals surface area contributed by atoms with E-state index in [-0.39, 0.29) is 0 Å². The minimum Gasteiger partial charge on any atom is -0.368 e. The minimum atomic E-state index is 0.425. The highest BCUT2D eigenvalue weighted by Crippen LogP contribution is 2.36. The third-order valence-corrected chi connectivity index (χ3v) is 4.96. The zero-order valence-electron chi connectivity index (χ0n) is 12.5. The molecule has 4 heteroatoms. The van der Waals surface area contributed by atoms with Gasteiger partial charge in [-0.25, -0.2) is 4.98 Å². The van der Waals surface area contributed by atoms with Crippen molar-refractivity contribution in [2.24, 2.45) is 5.92 Å². The molecule has 2 saturated carbocycles. The minimum absolute atomic E-state index is 0.425. The summed E-state index contributed by atoms with van der Waals surface area (Å²) in [5.41, 5.74) is 5.95. The number of aromatic nitrogens is 3. The Morgan fingerprint density at radius 3 is 2.15 bits per heavy atom. The van der Waals surface area contributed by atoms with Crippen LogP contribution in [-0.4, -0.2) is 15.0 Å². The Morgan fingerprint density at radius 1 is 0.800 bits per heavy atom. The number of hydrogen-bond acceptors (Lipinski definition) is 4. The standard InChI is InChI=1S/C16H26N4/c1-11-6-5-9-13(10-11)15-18-14(19-16(17)20-15)12-7-3-2-4-8-12/h11-13H,2-10H2,1H3,(H2,17,18,19,20). The Hall–Kier alpha value is -1.19. The lowest BCUT2D eigenvalue weighted by Crippen LogP contribution is -2.18. The van der Waals surface area contributed by atoms with Gasteiger partial charge in [0, 0.05) is 11.8 Å². The van der Waals surface area contributed by atoms with Crippen LogP contribution in [0.15, 0.2) is 0 Å². The third-order valence-electron chi connectivity index (χ3n) is 4.96. The molecular weight excluding hydrogens is 248 g/mol. The topological polar surface area (TPSA) is 64.7 Å². The number of nitrogens with two attached hydrogens (primary N) is 1. The zero-order valence-corrected chi connectivity index (χ0v) is 12.5. The van der Waals surface area contributed by atoms with Crippen molar-refractivity contribution in [3.63, 3.8) is 0 Å². The summed E-state index contributed by atoms with van der Waals surface area (Å²) in [5, 5.41) is 0. The van der Waals surface area contributed by atoms with Gasteiger partial charge in [0.25, 0.3) is 0 Å². The van der Waals surface area contributed by atoms with Crippen molar-refractivity contribution in [3.8, 4) is 0 Å². The van der Waals surface area contributed by atoms with Crippen LogP contribution < -0.4 is 5.73 Å². The molecule has 1 aromatic heterocycles. The summed E-state index contributed by atoms with van der Waals surface area (Å²) >= 11 is 0. The zero-order chi connectivity index (χ0) is 13.9. The first kappa shape index (κ1) is 13.8. The predicted octanol–water partition coefficient (Wildman–Crippen LogP) is 3.80. The molecule has 3 rings (SSSR count). The van der Waals surface area contributed by atoms with Crippen LogP contribution in [0.2, 0.25) is 0 Å². The fourth-order valence-corrected chi connectivity index (χ4v) is 3.82. The van der Waals surface area contributed by atoms with E-state index in [2.05, 4.69) is 16.9 Å². The van der Waals surface area contributed by atoms with Gasteiger partial charge in [0.1, 0.15) is 11.6 Å². The van der Waals surface area contributed by atoms with Crippen molar-refractivity contribution >= 4 is 5.95 Å². The highest BCUT2D eigenvalue weighted by Gasteiger charge is 2.25. The van der Waals surface area contributed by atoms with Crippen molar-refractivity contribution in [2.75, 3.05) is 5.73 Å². The van der Waals surface area contributed by atoms with Crippen molar-refractivity contribution in [1.82, 2.24) is 15.0 Å². The third kappa shape index (κ3) is 3.10. The largest absolute Gasteiger partial charge is 0.368 e. The molecule has 2 N–H and O–H groups in total. The average Bonchev–Trinajstić information content (AvgIpc) is 2.47. The first-order valence-electron chi connectivity index (χ1n) is 8.23. The molecule has 0 radical (unpaired) electrons. The molecule has 1 heterocycles. The van der Waals surface area contributed by atoms with Gasteiger partial charge in [-0.15, -0.1) is 0 Å². The molecule has 2 atom stereocenters. The lowest BCUT2D eigenvalue weighted by atomic mass is 9.82. The van der Waals surface area contributed by atoms with Crippen molar-refractivity contribution in [2.45, 2.75) is 76.5 Å². The van der Waals surface area contributed by atoms with Gasteiger partial charge in [-0.05, 0) is 31.6 Å². The second-order valence-corrected chi connectivity index (χ2v) is 6.71. The van der Waals surface area contributed by atoms with Crippen LogP contribution in [0, 0.1) is 5.92 Å². The summed E-state index contributed by atoms with van der Waals surface area (Å²) in [6.45, 7) is 2.33. The van der Waals surface area contributed by atoms with Crippen molar-refractivity contribution < 1.29 is 0 Å². The molecule has 2 aliphatic rings. The summed E-state index contributed by atoms with van der Waals surface area (Å²) in [7, 11) is 0. The van der Waals surface area contributed by atoms with Gasteiger partial charge in [0.15, 0.2) is 0 Å². The van der Waals surface area contributed by atoms with E-state index in [1.54, 1.807) is 0 Å². The number of nitrogen functional groups attached to an aromatic ring is 1. The Kier molecular flexibility index (Phi) is 4.18. The molecule has 2 unspecified atom stereocenters. The Bertz CT molecular complexity index is 454. The molecule has 4 nitrogen and oxygen atoms in total. The maximum atomic E-state index is 5.95. The van der Waals surface area contributed by atoms with Crippen LogP contribution in [0.4, 0.5) is 5.95 Å². The quantitative estimate of drug-likeness (QED) is 0.891. The van der Waals surface area contributed by atoms with Crippen LogP contribution in [0.3, 0.4) is 0 Å². The highest BCUT2D eigenvalue weighted by molar-refractivity contribution is 5.19. The van der Waals surface area contributed by atoms with E-state index in [4.69, 9.17) is 10.7 Å². The molecule has 0 aliphatic heterocycles. The van der Waals surface area contributed by atoms with E-state index in [0.717, 1.165) is 17.6 Å². The molecule has 0 aromatic carbocycles. The summed E-state index contributed by atoms with van der Waals surface area (Å²) in [6.07, 6.45) is 11.4. The predicted molar refractivity (Wildman–Crippen MR) is 80.4 cm³/mol. The van der Waals surface area contributed by atoms with E-state index in [1.165, 1.54) is 57.8 Å². The molecule has 0 bridgehead atoms. The fourth-order valence-electron chi connectivity index (χ4n) is 3.82. The van der Waals surface area contributed by atoms with Crippen LogP contribution in [0.5, 0.6) is 0 Å². The maximum Gasteiger partial charge on any atom is 0.223 e. The van der Waals surface area contributed by atoms with Gasteiger partial charge in [0.2, 0.25) is 5.95 Å². The number of rotatable bonds is 2. The van der Waals surface area contributed by atoms with Crippen LogP contribution in [-0.2, 0) is 0 Å². The summed E-state index contributed by atoms with van der Waals surface area (Å²) in [6, 6.07) is 0. The second-order valence-electron chi connectivity index (χ2n) is 6.71. The van der Waals surface area contributed by atoms with E-state index in [9.17, 15) is 0 Å². The van der Waals surface area contributed by atoms with Crippen LogP contribution >= 0.6 is 0 Å². The van der Waals surface area contributed by atoms with Crippen LogP contribution in [0.1, 0.15) is 88.2 Å². The summed E-state index contributed by atoms with van der Waals surface area (Å²) in [5.74, 6) is 4.13. The normalized spacial score (nSPS) is 28.4. The van der Waals surface area contributed by atoms with Gasteiger partial charge >= 0.3 is 0 Å². The van der Waals surface area contributed by atoms with E-state index >= 15 is 0 Å². The number of anilines is 1. The Morgan fingerprint density at radius 2 is 1.45 bits per heavy atom. The van der Waals surface area contributed by atoms with Crippen molar-refractivity contribution in [3.05, 3.63) is 11.6 Å². The maximum absolute atomic E-state index is 5.95. The molecule has 2 aliphatic carbocycles. The van der Waals surface area contributed by atoms with Gasteiger partial charge in [-0.3, -0.25) is 0 Å². The second kappa shape index (κ2) is 6.06. The Labute approximate surface area is 121 Å². The first-order valence-corrected chi connectivity index (χ1v) is 8.23. The molecule has 0 amide bonds. The first-order chi connectivity index (χ1) is 9.72. The lowest BCUT2D eigenvalue weighted by Gasteiger charge is -2.26. The smallest absolute Gasteiger partial charge is 0.223 e. The van der Waals surface area contributed by atoms with E-state index in [1.807, 2.05) is 0 Å². The molecule has 20 heavy (non-hydrogen) atoms. The molecule has 2 fully saturated rings. The van der Waals surface area contributed by atoms with E-state index < -0.39 is 0 Å². The Balaban J connectivity index is 1.82. The lowest BCUT2D eigenvalue weighted by molar-refractivity contribution is 0.333. The average molecular weight is 274 g/mol. The SMILES string of the molecule is CC1CCCC(c2nc(N)nc(C3CCCCC3)n2)C1. The number of nitrogens with zero attached hydrogens (tertiary/aromatic N) is 3. The monoisotopic (exact) mass is 274 g/mol. The van der Waals surface area contributed by atoms with E-state index in [0.29, 0.717) is 17.8 Å². The highest BCUT2D eigenvalue weighted by atomic mass is 15.1. The molecule has 0 spiro atoms. The molecule has 110 valence electrons. The molecule has 0 saturated heterocycles. The van der Waals surface area contributed by atoms with Gasteiger partial charge in [-0.2, -0.15) is 9.97 Å². The van der Waals surface area contributed by atoms with Gasteiger partial charge < -0.3 is 5.73 Å². The fraction of sp³-hybridized carbons (Fsp3) is 0.812. The molecule has 1 aromatic rings.